The fraction of sp³-hybridized carbons (Fsp3) is 0.611. The van der Waals surface area contributed by atoms with Crippen LogP contribution in [-0.4, -0.2) is 50.8 Å². The highest BCUT2D eigenvalue weighted by Gasteiger charge is 2.60. The van der Waals surface area contributed by atoms with Crippen molar-refractivity contribution in [3.05, 3.63) is 34.9 Å². The Labute approximate surface area is 162 Å². The van der Waals surface area contributed by atoms with E-state index in [-0.39, 0.29) is 18.4 Å². The van der Waals surface area contributed by atoms with E-state index in [0.717, 1.165) is 29.5 Å². The number of hydrogen-bond acceptors (Lipinski definition) is 4. The Morgan fingerprint density at radius 1 is 1.29 bits per heavy atom. The zero-order valence-electron chi connectivity index (χ0n) is 15.5. The van der Waals surface area contributed by atoms with Crippen molar-refractivity contribution in [3.8, 4) is 0 Å². The lowest BCUT2D eigenvalue weighted by Crippen LogP contribution is -2.52. The number of fused-ring (bicyclic) bond motifs is 1. The van der Waals surface area contributed by atoms with Gasteiger partial charge in [0.15, 0.2) is 0 Å². The van der Waals surface area contributed by atoms with Crippen LogP contribution >= 0.6 is 0 Å². The summed E-state index contributed by atoms with van der Waals surface area (Å²) in [4.78, 5) is 0. The summed E-state index contributed by atoms with van der Waals surface area (Å²) in [5.41, 5.74) is 5.07. The maximum atomic E-state index is 12.9. The summed E-state index contributed by atoms with van der Waals surface area (Å²) < 4.78 is 66.9. The molecule has 2 bridgehead atoms. The lowest BCUT2D eigenvalue weighted by molar-refractivity contribution is -0.136. The van der Waals surface area contributed by atoms with Crippen LogP contribution in [-0.2, 0) is 23.1 Å². The summed E-state index contributed by atoms with van der Waals surface area (Å²) in [6.07, 6.45) is 0.0843. The molecular weight excluding hydrogens is 393 g/mol. The quantitative estimate of drug-likeness (QED) is 0.583. The first-order valence-corrected chi connectivity index (χ1v) is 10.7. The Kier molecular flexibility index (Phi) is 4.71. The van der Waals surface area contributed by atoms with Gasteiger partial charge in [-0.25, -0.2) is 0 Å². The summed E-state index contributed by atoms with van der Waals surface area (Å²) in [5.74, 6) is -0.0353. The maximum Gasteiger partial charge on any atom is 0.402 e. The number of rotatable bonds is 3. The summed E-state index contributed by atoms with van der Waals surface area (Å²) in [5, 5.41) is 4.02. The average molecular weight is 416 g/mol. The third kappa shape index (κ3) is 3.42. The van der Waals surface area contributed by atoms with Crippen molar-refractivity contribution < 1.29 is 21.6 Å². The zero-order valence-corrected chi connectivity index (χ0v) is 16.3. The van der Waals surface area contributed by atoms with Crippen molar-refractivity contribution in [3.63, 3.8) is 0 Å². The van der Waals surface area contributed by atoms with Gasteiger partial charge in [0.25, 0.3) is 10.2 Å². The molecule has 2 aliphatic carbocycles. The van der Waals surface area contributed by atoms with Gasteiger partial charge in [0.1, 0.15) is 6.54 Å². The molecule has 0 radical (unpaired) electrons. The number of nitrogens with one attached hydrogen (secondary N) is 2. The van der Waals surface area contributed by atoms with E-state index in [1.54, 1.807) is 13.3 Å². The fourth-order valence-corrected chi connectivity index (χ4v) is 6.79. The molecule has 4 rings (SSSR count). The van der Waals surface area contributed by atoms with Crippen molar-refractivity contribution in [1.29, 1.82) is 0 Å². The second-order valence-electron chi connectivity index (χ2n) is 7.92. The van der Waals surface area contributed by atoms with Crippen molar-refractivity contribution in [1.82, 2.24) is 14.5 Å². The SMILES string of the molecule is CN/N=C/c1ccc2c(c1)C[C@@H]1CC[C@H](C2)[C@]12CN(CC(F)(F)F)S(=O)(=O)N2. The summed E-state index contributed by atoms with van der Waals surface area (Å²) in [6, 6.07) is 6.03. The second-order valence-corrected chi connectivity index (χ2v) is 9.59. The molecule has 1 aromatic rings. The van der Waals surface area contributed by atoms with Gasteiger partial charge in [-0.1, -0.05) is 12.1 Å². The first-order chi connectivity index (χ1) is 13.1. The molecule has 0 unspecified atom stereocenters. The van der Waals surface area contributed by atoms with Gasteiger partial charge >= 0.3 is 6.18 Å². The monoisotopic (exact) mass is 416 g/mol. The van der Waals surface area contributed by atoms with Gasteiger partial charge in [0.05, 0.1) is 11.8 Å². The van der Waals surface area contributed by atoms with Crippen molar-refractivity contribution >= 4 is 16.4 Å². The Balaban J connectivity index is 1.66. The molecule has 1 spiro atoms. The van der Waals surface area contributed by atoms with E-state index in [0.29, 0.717) is 17.1 Å². The number of hydrazone groups is 1. The van der Waals surface area contributed by atoms with Gasteiger partial charge in [-0.3, -0.25) is 0 Å². The fourth-order valence-electron chi connectivity index (χ4n) is 5.08. The lowest BCUT2D eigenvalue weighted by atomic mass is 9.79. The highest BCUT2D eigenvalue weighted by molar-refractivity contribution is 7.87. The minimum absolute atomic E-state index is 0.0106. The molecule has 3 aliphatic rings. The number of nitrogens with zero attached hydrogens (tertiary/aromatic N) is 2. The molecule has 3 atom stereocenters. The molecule has 2 fully saturated rings. The van der Waals surface area contributed by atoms with E-state index < -0.39 is 28.5 Å². The van der Waals surface area contributed by atoms with Crippen LogP contribution in [0.5, 0.6) is 0 Å². The summed E-state index contributed by atoms with van der Waals surface area (Å²) in [7, 11) is -2.43. The summed E-state index contributed by atoms with van der Waals surface area (Å²) in [6.45, 7) is -1.56. The van der Waals surface area contributed by atoms with Gasteiger partial charge in [-0.2, -0.15) is 35.7 Å². The van der Waals surface area contributed by atoms with Crippen LogP contribution in [0.25, 0.3) is 0 Å². The van der Waals surface area contributed by atoms with Crippen LogP contribution < -0.4 is 10.1 Å². The van der Waals surface area contributed by atoms with E-state index >= 15 is 0 Å². The van der Waals surface area contributed by atoms with Gasteiger partial charge < -0.3 is 5.43 Å². The Hall–Kier alpha value is -1.65. The first kappa shape index (κ1) is 19.7. The molecule has 2 N–H and O–H groups in total. The van der Waals surface area contributed by atoms with Crippen LogP contribution in [0.3, 0.4) is 0 Å². The largest absolute Gasteiger partial charge is 0.402 e. The molecule has 1 saturated heterocycles. The van der Waals surface area contributed by atoms with E-state index in [4.69, 9.17) is 0 Å². The van der Waals surface area contributed by atoms with Gasteiger partial charge in [-0.05, 0) is 60.3 Å². The number of alkyl halides is 3. The Morgan fingerprint density at radius 2 is 1.96 bits per heavy atom. The van der Waals surface area contributed by atoms with Crippen LogP contribution in [0.15, 0.2) is 23.3 Å². The number of halogens is 3. The van der Waals surface area contributed by atoms with Crippen LogP contribution in [0, 0.1) is 11.8 Å². The average Bonchev–Trinajstić information content (AvgIpc) is 2.97. The van der Waals surface area contributed by atoms with Gasteiger partial charge in [0, 0.05) is 13.6 Å². The molecule has 0 aromatic heterocycles. The molecule has 1 saturated carbocycles. The van der Waals surface area contributed by atoms with Crippen molar-refractivity contribution in [2.24, 2.45) is 16.9 Å². The van der Waals surface area contributed by atoms with Crippen LogP contribution in [0.1, 0.15) is 29.5 Å². The van der Waals surface area contributed by atoms with Crippen LogP contribution in [0.2, 0.25) is 0 Å². The number of hydrogen-bond donors (Lipinski definition) is 2. The highest BCUT2D eigenvalue weighted by atomic mass is 32.2. The second kappa shape index (κ2) is 6.70. The maximum absolute atomic E-state index is 12.9. The van der Waals surface area contributed by atoms with Crippen molar-refractivity contribution in [2.45, 2.75) is 37.4 Å². The van der Waals surface area contributed by atoms with Crippen LogP contribution in [0.4, 0.5) is 13.2 Å². The Bertz CT molecular complexity index is 903. The van der Waals surface area contributed by atoms with E-state index in [2.05, 4.69) is 15.2 Å². The lowest BCUT2D eigenvalue weighted by Gasteiger charge is -2.33. The molecule has 0 amide bonds. The minimum Gasteiger partial charge on any atom is -0.313 e. The molecule has 1 aliphatic heterocycles. The predicted molar refractivity (Wildman–Crippen MR) is 99.1 cm³/mol. The first-order valence-electron chi connectivity index (χ1n) is 9.30. The number of benzene rings is 1. The van der Waals surface area contributed by atoms with Gasteiger partial charge in [0.2, 0.25) is 0 Å². The molecule has 10 heteroatoms. The zero-order chi connectivity index (χ0) is 20.2. The highest BCUT2D eigenvalue weighted by Crippen LogP contribution is 2.50. The van der Waals surface area contributed by atoms with E-state index in [1.807, 2.05) is 18.2 Å². The third-order valence-corrected chi connectivity index (χ3v) is 7.85. The standard InChI is InChI=1S/C18H23F3N4O2S/c1-22-23-9-12-2-3-13-7-15-4-5-16(8-14(13)6-12)17(15)10-25(11-18(19,20)21)28(26,27)24-17/h2-3,6,9,15-16,22,24H,4-5,7-8,10-11H2,1H3/b23-9+/t15-,16+,17-/m1/s1. The normalized spacial score (nSPS) is 32.0. The molecule has 1 aromatic carbocycles. The summed E-state index contributed by atoms with van der Waals surface area (Å²) >= 11 is 0. The predicted octanol–water partition coefficient (Wildman–Crippen LogP) is 1.82. The molecule has 28 heavy (non-hydrogen) atoms. The van der Waals surface area contributed by atoms with Crippen molar-refractivity contribution in [2.75, 3.05) is 20.1 Å². The van der Waals surface area contributed by atoms with E-state index in [1.165, 1.54) is 0 Å². The van der Waals surface area contributed by atoms with E-state index in [9.17, 15) is 21.6 Å². The smallest absolute Gasteiger partial charge is 0.313 e. The Morgan fingerprint density at radius 3 is 2.61 bits per heavy atom. The molecule has 154 valence electrons. The minimum atomic E-state index is -4.56. The molecule has 1 heterocycles. The molecule has 6 nitrogen and oxygen atoms in total. The third-order valence-electron chi connectivity index (χ3n) is 6.28. The topological polar surface area (TPSA) is 73.8 Å². The van der Waals surface area contributed by atoms with Gasteiger partial charge in [-0.15, -0.1) is 0 Å². The molecular formula is C18H23F3N4O2S.